The van der Waals surface area contributed by atoms with Crippen LogP contribution in [0.2, 0.25) is 0 Å². The van der Waals surface area contributed by atoms with Gasteiger partial charge in [0.15, 0.2) is 0 Å². The summed E-state index contributed by atoms with van der Waals surface area (Å²) in [4.78, 5) is 27.5. The molecule has 0 aliphatic heterocycles. The molecule has 1 atom stereocenters. The summed E-state index contributed by atoms with van der Waals surface area (Å²) in [7, 11) is 1.29. The van der Waals surface area contributed by atoms with Crippen molar-refractivity contribution in [2.45, 2.75) is 12.5 Å². The van der Waals surface area contributed by atoms with Crippen molar-refractivity contribution in [3.63, 3.8) is 0 Å². The zero-order valence-corrected chi connectivity index (χ0v) is 12.2. The first-order valence-electron chi connectivity index (χ1n) is 6.75. The van der Waals surface area contributed by atoms with Gasteiger partial charge >= 0.3 is 5.97 Å². The molecule has 1 amide bonds. The molecule has 0 radical (unpaired) electrons. The van der Waals surface area contributed by atoms with Crippen LogP contribution in [0.1, 0.15) is 15.9 Å². The van der Waals surface area contributed by atoms with Crippen molar-refractivity contribution in [3.05, 3.63) is 59.8 Å². The highest BCUT2D eigenvalue weighted by Gasteiger charge is 2.15. The fourth-order valence-electron chi connectivity index (χ4n) is 1.92. The molecule has 0 aliphatic carbocycles. The molecule has 1 aromatic heterocycles. The average molecular weight is 299 g/mol. The van der Waals surface area contributed by atoms with E-state index in [1.165, 1.54) is 25.4 Å². The summed E-state index contributed by atoms with van der Waals surface area (Å²) >= 11 is 0. The monoisotopic (exact) mass is 299 g/mol. The van der Waals surface area contributed by atoms with Crippen molar-refractivity contribution >= 4 is 17.7 Å². The second-order valence-corrected chi connectivity index (χ2v) is 4.71. The van der Waals surface area contributed by atoms with E-state index in [2.05, 4.69) is 15.0 Å². The van der Waals surface area contributed by atoms with Gasteiger partial charge in [-0.2, -0.15) is 0 Å². The van der Waals surface area contributed by atoms with Gasteiger partial charge in [-0.3, -0.25) is 4.79 Å². The summed E-state index contributed by atoms with van der Waals surface area (Å²) in [6.07, 6.45) is 1.84. The lowest BCUT2D eigenvalue weighted by Crippen LogP contribution is -2.37. The molecule has 0 saturated carbocycles. The number of carbonyl (C=O) groups excluding carboxylic acids is 2. The van der Waals surface area contributed by atoms with Crippen LogP contribution in [0.4, 0.5) is 5.82 Å². The lowest BCUT2D eigenvalue weighted by Gasteiger charge is -2.12. The van der Waals surface area contributed by atoms with Gasteiger partial charge in [0, 0.05) is 6.20 Å². The SMILES string of the molecule is COC(=O)c1ccnc(NC(=O)C(N)Cc2ccccc2)c1. The lowest BCUT2D eigenvalue weighted by atomic mass is 10.1. The van der Waals surface area contributed by atoms with Gasteiger partial charge in [-0.25, -0.2) is 9.78 Å². The Balaban J connectivity index is 2.01. The summed E-state index contributed by atoms with van der Waals surface area (Å²) in [5, 5.41) is 2.60. The van der Waals surface area contributed by atoms with Gasteiger partial charge < -0.3 is 15.8 Å². The van der Waals surface area contributed by atoms with E-state index in [0.29, 0.717) is 12.0 Å². The fourth-order valence-corrected chi connectivity index (χ4v) is 1.92. The minimum absolute atomic E-state index is 0.261. The molecule has 1 unspecified atom stereocenters. The molecule has 1 aromatic carbocycles. The number of nitrogens with one attached hydrogen (secondary N) is 1. The van der Waals surface area contributed by atoms with Crippen LogP contribution in [-0.2, 0) is 16.0 Å². The molecule has 1 heterocycles. The number of methoxy groups -OCH3 is 1. The van der Waals surface area contributed by atoms with Crippen LogP contribution in [0, 0.1) is 0 Å². The summed E-state index contributed by atoms with van der Waals surface area (Å²) in [5.41, 5.74) is 7.17. The largest absolute Gasteiger partial charge is 0.465 e. The smallest absolute Gasteiger partial charge is 0.338 e. The molecule has 0 aliphatic rings. The normalized spacial score (nSPS) is 11.5. The van der Waals surface area contributed by atoms with Gasteiger partial charge in [0.2, 0.25) is 5.91 Å². The second-order valence-electron chi connectivity index (χ2n) is 4.71. The van der Waals surface area contributed by atoms with E-state index in [9.17, 15) is 9.59 Å². The van der Waals surface area contributed by atoms with Crippen LogP contribution >= 0.6 is 0 Å². The zero-order chi connectivity index (χ0) is 15.9. The number of carbonyl (C=O) groups is 2. The molecular formula is C16H17N3O3. The van der Waals surface area contributed by atoms with Crippen molar-refractivity contribution in [2.24, 2.45) is 5.73 Å². The van der Waals surface area contributed by atoms with E-state index in [4.69, 9.17) is 5.73 Å². The van der Waals surface area contributed by atoms with E-state index in [0.717, 1.165) is 5.56 Å². The van der Waals surface area contributed by atoms with Gasteiger partial charge in [-0.1, -0.05) is 30.3 Å². The predicted octanol–water partition coefficient (Wildman–Crippen LogP) is 1.38. The van der Waals surface area contributed by atoms with Gasteiger partial charge in [0.1, 0.15) is 5.82 Å². The molecule has 114 valence electrons. The number of amides is 1. The minimum Gasteiger partial charge on any atom is -0.465 e. The Morgan fingerprint density at radius 2 is 2.00 bits per heavy atom. The molecule has 0 fully saturated rings. The number of anilines is 1. The van der Waals surface area contributed by atoms with Gasteiger partial charge in [-0.15, -0.1) is 0 Å². The quantitative estimate of drug-likeness (QED) is 0.813. The van der Waals surface area contributed by atoms with Crippen LogP contribution in [0.25, 0.3) is 0 Å². The maximum Gasteiger partial charge on any atom is 0.338 e. The highest BCUT2D eigenvalue weighted by molar-refractivity contribution is 5.96. The summed E-state index contributed by atoms with van der Waals surface area (Å²) in [5.74, 6) is -0.596. The second kappa shape index (κ2) is 7.33. The summed E-state index contributed by atoms with van der Waals surface area (Å²) in [6, 6.07) is 11.7. The summed E-state index contributed by atoms with van der Waals surface area (Å²) < 4.78 is 4.62. The fraction of sp³-hybridized carbons (Fsp3) is 0.188. The predicted molar refractivity (Wildman–Crippen MR) is 82.3 cm³/mol. The number of esters is 1. The molecule has 0 saturated heterocycles. The number of ether oxygens (including phenoxy) is 1. The van der Waals surface area contributed by atoms with E-state index in [1.807, 2.05) is 30.3 Å². The molecule has 0 bridgehead atoms. The Morgan fingerprint density at radius 3 is 2.68 bits per heavy atom. The number of aromatic nitrogens is 1. The number of nitrogens with zero attached hydrogens (tertiary/aromatic N) is 1. The van der Waals surface area contributed by atoms with E-state index in [-0.39, 0.29) is 11.7 Å². The first kappa shape index (κ1) is 15.7. The van der Waals surface area contributed by atoms with Crippen LogP contribution < -0.4 is 11.1 Å². The number of benzene rings is 1. The van der Waals surface area contributed by atoms with Crippen molar-refractivity contribution in [2.75, 3.05) is 12.4 Å². The Labute approximate surface area is 128 Å². The molecule has 6 nitrogen and oxygen atoms in total. The van der Waals surface area contributed by atoms with E-state index >= 15 is 0 Å². The molecule has 22 heavy (non-hydrogen) atoms. The van der Waals surface area contributed by atoms with Gasteiger partial charge in [-0.05, 0) is 24.1 Å². The van der Waals surface area contributed by atoms with Crippen LogP contribution in [0.3, 0.4) is 0 Å². The molecule has 2 aromatic rings. The first-order chi connectivity index (χ1) is 10.6. The number of nitrogens with two attached hydrogens (primary N) is 1. The number of hydrogen-bond acceptors (Lipinski definition) is 5. The molecule has 0 spiro atoms. The Morgan fingerprint density at radius 1 is 1.27 bits per heavy atom. The Bertz CT molecular complexity index is 659. The van der Waals surface area contributed by atoms with Crippen molar-refractivity contribution < 1.29 is 14.3 Å². The van der Waals surface area contributed by atoms with Crippen molar-refractivity contribution in [1.29, 1.82) is 0 Å². The van der Waals surface area contributed by atoms with Crippen LogP contribution in [0.5, 0.6) is 0 Å². The van der Waals surface area contributed by atoms with Crippen LogP contribution in [-0.4, -0.2) is 30.0 Å². The Kier molecular flexibility index (Phi) is 5.21. The zero-order valence-electron chi connectivity index (χ0n) is 12.2. The topological polar surface area (TPSA) is 94.3 Å². The van der Waals surface area contributed by atoms with Gasteiger partial charge in [0.05, 0.1) is 18.7 Å². The average Bonchev–Trinajstić information content (AvgIpc) is 2.55. The first-order valence-corrected chi connectivity index (χ1v) is 6.75. The van der Waals surface area contributed by atoms with Gasteiger partial charge in [0.25, 0.3) is 0 Å². The van der Waals surface area contributed by atoms with Crippen molar-refractivity contribution in [1.82, 2.24) is 4.98 Å². The summed E-state index contributed by atoms with van der Waals surface area (Å²) in [6.45, 7) is 0. The molecular weight excluding hydrogens is 282 g/mol. The minimum atomic E-state index is -0.703. The number of hydrogen-bond donors (Lipinski definition) is 2. The lowest BCUT2D eigenvalue weighted by molar-refractivity contribution is -0.117. The third-order valence-electron chi connectivity index (χ3n) is 3.07. The maximum absolute atomic E-state index is 12.1. The molecule has 2 rings (SSSR count). The van der Waals surface area contributed by atoms with E-state index < -0.39 is 12.0 Å². The molecule has 3 N–H and O–H groups in total. The van der Waals surface area contributed by atoms with Crippen molar-refractivity contribution in [3.8, 4) is 0 Å². The third kappa shape index (κ3) is 4.13. The third-order valence-corrected chi connectivity index (χ3v) is 3.07. The highest BCUT2D eigenvalue weighted by atomic mass is 16.5. The Hall–Kier alpha value is -2.73. The van der Waals surface area contributed by atoms with Crippen LogP contribution in [0.15, 0.2) is 48.7 Å². The standard InChI is InChI=1S/C16H17N3O3/c1-22-16(21)12-7-8-18-14(10-12)19-15(20)13(17)9-11-5-3-2-4-6-11/h2-8,10,13H,9,17H2,1H3,(H,18,19,20). The molecule has 6 heteroatoms. The van der Waals surface area contributed by atoms with E-state index in [1.54, 1.807) is 0 Å². The number of rotatable bonds is 5. The highest BCUT2D eigenvalue weighted by Crippen LogP contribution is 2.09. The maximum atomic E-state index is 12.1. The number of pyridine rings is 1.